The van der Waals surface area contributed by atoms with Crippen molar-refractivity contribution in [3.8, 4) is 0 Å². The normalized spacial score (nSPS) is 13.0. The van der Waals surface area contributed by atoms with Gasteiger partial charge in [-0.2, -0.15) is 11.3 Å². The summed E-state index contributed by atoms with van der Waals surface area (Å²) in [7, 11) is 0. The highest BCUT2D eigenvalue weighted by atomic mass is 35.5. The van der Waals surface area contributed by atoms with Gasteiger partial charge in [0.05, 0.1) is 11.5 Å². The molecule has 2 rings (SSSR count). The monoisotopic (exact) mass is 323 g/mol. The van der Waals surface area contributed by atoms with Crippen molar-refractivity contribution in [1.82, 2.24) is 5.32 Å². The van der Waals surface area contributed by atoms with E-state index in [9.17, 15) is 9.90 Å². The molecule has 0 aliphatic rings. The van der Waals surface area contributed by atoms with E-state index in [0.717, 1.165) is 11.1 Å². The fraction of sp³-hybridized carbons (Fsp3) is 0.312. The number of hydrogen-bond donors (Lipinski definition) is 2. The highest BCUT2D eigenvalue weighted by Gasteiger charge is 2.30. The number of aliphatic hydroxyl groups is 1. The average molecular weight is 324 g/mol. The summed E-state index contributed by atoms with van der Waals surface area (Å²) >= 11 is 7.50. The second-order valence-corrected chi connectivity index (χ2v) is 6.63. The van der Waals surface area contributed by atoms with Gasteiger partial charge >= 0.3 is 0 Å². The summed E-state index contributed by atoms with van der Waals surface area (Å²) in [6, 6.07) is 9.12. The molecule has 1 amide bonds. The van der Waals surface area contributed by atoms with Gasteiger partial charge in [-0.15, -0.1) is 0 Å². The number of aliphatic hydroxyl groups excluding tert-OH is 1. The highest BCUT2D eigenvalue weighted by molar-refractivity contribution is 7.07. The molecule has 21 heavy (non-hydrogen) atoms. The summed E-state index contributed by atoms with van der Waals surface area (Å²) in [5.41, 5.74) is 0.956. The SMILES string of the molecule is CC(C)(C(=O)NCC(O)c1ccsc1)c1cccc(Cl)c1. The molecule has 2 N–H and O–H groups in total. The topological polar surface area (TPSA) is 49.3 Å². The summed E-state index contributed by atoms with van der Waals surface area (Å²) in [5.74, 6) is -0.140. The van der Waals surface area contributed by atoms with Gasteiger partial charge in [0.2, 0.25) is 5.91 Å². The molecule has 1 heterocycles. The van der Waals surface area contributed by atoms with Crippen molar-refractivity contribution in [3.63, 3.8) is 0 Å². The highest BCUT2D eigenvalue weighted by Crippen LogP contribution is 2.26. The quantitative estimate of drug-likeness (QED) is 0.884. The smallest absolute Gasteiger partial charge is 0.230 e. The van der Waals surface area contributed by atoms with Crippen LogP contribution >= 0.6 is 22.9 Å². The van der Waals surface area contributed by atoms with E-state index in [4.69, 9.17) is 11.6 Å². The zero-order valence-corrected chi connectivity index (χ0v) is 13.5. The van der Waals surface area contributed by atoms with E-state index in [1.165, 1.54) is 11.3 Å². The first kappa shape index (κ1) is 16.0. The van der Waals surface area contributed by atoms with Crippen LogP contribution in [0, 0.1) is 0 Å². The molecule has 1 aromatic carbocycles. The lowest BCUT2D eigenvalue weighted by Crippen LogP contribution is -2.41. The Bertz CT molecular complexity index is 610. The van der Waals surface area contributed by atoms with E-state index in [-0.39, 0.29) is 12.5 Å². The minimum Gasteiger partial charge on any atom is -0.387 e. The van der Waals surface area contributed by atoms with Gasteiger partial charge in [-0.25, -0.2) is 0 Å². The Labute approximate surface area is 133 Å². The minimum absolute atomic E-state index is 0.140. The Morgan fingerprint density at radius 3 is 2.81 bits per heavy atom. The van der Waals surface area contributed by atoms with Crippen LogP contribution in [0.5, 0.6) is 0 Å². The van der Waals surface area contributed by atoms with E-state index >= 15 is 0 Å². The second kappa shape index (κ2) is 6.60. The predicted octanol–water partition coefficient (Wildman–Crippen LogP) is 3.53. The second-order valence-electron chi connectivity index (χ2n) is 5.42. The number of amides is 1. The first-order chi connectivity index (χ1) is 9.91. The van der Waals surface area contributed by atoms with Crippen LogP contribution in [0.1, 0.15) is 31.1 Å². The third kappa shape index (κ3) is 3.84. The maximum absolute atomic E-state index is 12.4. The van der Waals surface area contributed by atoms with Gasteiger partial charge in [0.15, 0.2) is 0 Å². The molecule has 3 nitrogen and oxygen atoms in total. The molecule has 0 aliphatic heterocycles. The van der Waals surface area contributed by atoms with Gasteiger partial charge in [-0.1, -0.05) is 23.7 Å². The number of hydrogen-bond acceptors (Lipinski definition) is 3. The van der Waals surface area contributed by atoms with E-state index in [0.29, 0.717) is 5.02 Å². The minimum atomic E-state index is -0.709. The number of halogens is 1. The van der Waals surface area contributed by atoms with E-state index in [2.05, 4.69) is 5.32 Å². The number of nitrogens with one attached hydrogen (secondary N) is 1. The standard InChI is InChI=1S/C16H18ClNO2S/c1-16(2,12-4-3-5-13(17)8-12)15(20)18-9-14(19)11-6-7-21-10-11/h3-8,10,14,19H,9H2,1-2H3,(H,18,20). The number of rotatable bonds is 5. The molecular weight excluding hydrogens is 306 g/mol. The molecule has 1 unspecified atom stereocenters. The van der Waals surface area contributed by atoms with Gasteiger partial charge in [-0.05, 0) is 53.9 Å². The molecule has 0 bridgehead atoms. The lowest BCUT2D eigenvalue weighted by molar-refractivity contribution is -0.126. The van der Waals surface area contributed by atoms with Crippen molar-refractivity contribution in [2.75, 3.05) is 6.54 Å². The number of benzene rings is 1. The van der Waals surface area contributed by atoms with Crippen LogP contribution in [-0.2, 0) is 10.2 Å². The maximum atomic E-state index is 12.4. The van der Waals surface area contributed by atoms with Crippen molar-refractivity contribution in [2.24, 2.45) is 0 Å². The lowest BCUT2D eigenvalue weighted by atomic mass is 9.83. The van der Waals surface area contributed by atoms with Crippen LogP contribution in [0.3, 0.4) is 0 Å². The van der Waals surface area contributed by atoms with Gasteiger partial charge < -0.3 is 10.4 Å². The zero-order valence-electron chi connectivity index (χ0n) is 12.0. The summed E-state index contributed by atoms with van der Waals surface area (Å²) < 4.78 is 0. The first-order valence-corrected chi connectivity index (χ1v) is 7.98. The van der Waals surface area contributed by atoms with Crippen LogP contribution in [0.15, 0.2) is 41.1 Å². The molecule has 5 heteroatoms. The molecule has 0 fully saturated rings. The Hall–Kier alpha value is -1.36. The van der Waals surface area contributed by atoms with Crippen LogP contribution in [0.25, 0.3) is 0 Å². The Morgan fingerprint density at radius 1 is 1.43 bits per heavy atom. The fourth-order valence-electron chi connectivity index (χ4n) is 2.00. The largest absolute Gasteiger partial charge is 0.387 e. The molecule has 1 aromatic heterocycles. The van der Waals surface area contributed by atoms with Crippen molar-refractivity contribution in [1.29, 1.82) is 0 Å². The van der Waals surface area contributed by atoms with E-state index in [1.54, 1.807) is 12.1 Å². The molecule has 0 radical (unpaired) electrons. The van der Waals surface area contributed by atoms with Gasteiger partial charge in [0.25, 0.3) is 0 Å². The van der Waals surface area contributed by atoms with Crippen molar-refractivity contribution in [2.45, 2.75) is 25.4 Å². The molecule has 0 spiro atoms. The molecule has 2 aromatic rings. The third-order valence-electron chi connectivity index (χ3n) is 3.50. The van der Waals surface area contributed by atoms with Crippen LogP contribution < -0.4 is 5.32 Å². The first-order valence-electron chi connectivity index (χ1n) is 6.66. The Kier molecular flexibility index (Phi) is 5.04. The molecule has 112 valence electrons. The Balaban J connectivity index is 2.02. The maximum Gasteiger partial charge on any atom is 0.230 e. The predicted molar refractivity (Wildman–Crippen MR) is 86.8 cm³/mol. The van der Waals surface area contributed by atoms with Crippen LogP contribution in [0.2, 0.25) is 5.02 Å². The fourth-order valence-corrected chi connectivity index (χ4v) is 2.90. The summed E-state index contributed by atoms with van der Waals surface area (Å²) in [5, 5.41) is 17.2. The molecule has 0 saturated heterocycles. The number of carbonyl (C=O) groups excluding carboxylic acids is 1. The summed E-state index contributed by atoms with van der Waals surface area (Å²) in [4.78, 5) is 12.4. The van der Waals surface area contributed by atoms with Crippen molar-refractivity contribution in [3.05, 3.63) is 57.2 Å². The molecule has 0 saturated carbocycles. The van der Waals surface area contributed by atoms with Gasteiger partial charge in [0, 0.05) is 11.6 Å². The van der Waals surface area contributed by atoms with E-state index in [1.807, 2.05) is 42.8 Å². The van der Waals surface area contributed by atoms with Gasteiger partial charge in [-0.3, -0.25) is 4.79 Å². The van der Waals surface area contributed by atoms with Crippen molar-refractivity contribution >= 4 is 28.8 Å². The Morgan fingerprint density at radius 2 is 2.19 bits per heavy atom. The van der Waals surface area contributed by atoms with Crippen LogP contribution in [-0.4, -0.2) is 17.6 Å². The zero-order chi connectivity index (χ0) is 15.5. The van der Waals surface area contributed by atoms with Crippen LogP contribution in [0.4, 0.5) is 0 Å². The molecule has 1 atom stereocenters. The number of carbonyl (C=O) groups is 1. The van der Waals surface area contributed by atoms with Crippen molar-refractivity contribution < 1.29 is 9.90 Å². The van der Waals surface area contributed by atoms with E-state index < -0.39 is 11.5 Å². The average Bonchev–Trinajstić information content (AvgIpc) is 2.98. The summed E-state index contributed by atoms with van der Waals surface area (Å²) in [6.07, 6.45) is -0.685. The lowest BCUT2D eigenvalue weighted by Gasteiger charge is -2.25. The van der Waals surface area contributed by atoms with Gasteiger partial charge in [0.1, 0.15) is 0 Å². The molecular formula is C16H18ClNO2S. The third-order valence-corrected chi connectivity index (χ3v) is 4.43. The summed E-state index contributed by atoms with van der Waals surface area (Å²) in [6.45, 7) is 3.87. The molecule has 0 aliphatic carbocycles. The number of thiophene rings is 1.